The van der Waals surface area contributed by atoms with E-state index < -0.39 is 0 Å². The predicted octanol–water partition coefficient (Wildman–Crippen LogP) is 1.13. The molecule has 0 spiro atoms. The Balaban J connectivity index is 1.62. The van der Waals surface area contributed by atoms with Crippen LogP contribution in [0.1, 0.15) is 22.7 Å². The van der Waals surface area contributed by atoms with E-state index in [-0.39, 0.29) is 12.0 Å². The van der Waals surface area contributed by atoms with Gasteiger partial charge in [0.25, 0.3) is 5.91 Å². The Morgan fingerprint density at radius 1 is 1.43 bits per heavy atom. The van der Waals surface area contributed by atoms with E-state index in [9.17, 15) is 4.79 Å². The van der Waals surface area contributed by atoms with Gasteiger partial charge in [-0.3, -0.25) is 9.78 Å². The lowest BCUT2D eigenvalue weighted by Gasteiger charge is -2.16. The smallest absolute Gasteiger partial charge is 0.276 e. The molecule has 1 atom stereocenters. The average molecular weight is 317 g/mol. The van der Waals surface area contributed by atoms with Gasteiger partial charge in [0.1, 0.15) is 11.9 Å². The second kappa shape index (κ2) is 6.23. The molecule has 0 radical (unpaired) electrons. The second-order valence-electron chi connectivity index (χ2n) is 5.71. The molecule has 3 rings (SSSR count). The Morgan fingerprint density at radius 3 is 2.96 bits per heavy atom. The number of aromatic nitrogens is 3. The van der Waals surface area contributed by atoms with Crippen LogP contribution < -0.4 is 9.64 Å². The van der Waals surface area contributed by atoms with Crippen molar-refractivity contribution in [2.24, 2.45) is 0 Å². The van der Waals surface area contributed by atoms with Crippen molar-refractivity contribution in [3.05, 3.63) is 29.9 Å². The van der Waals surface area contributed by atoms with Gasteiger partial charge in [-0.1, -0.05) is 5.16 Å². The van der Waals surface area contributed by atoms with Crippen molar-refractivity contribution in [3.63, 3.8) is 0 Å². The number of likely N-dealkylation sites (tertiary alicyclic amines) is 1. The molecule has 122 valence electrons. The van der Waals surface area contributed by atoms with Gasteiger partial charge in [0.05, 0.1) is 18.9 Å². The zero-order valence-corrected chi connectivity index (χ0v) is 13.4. The number of nitrogens with zero attached hydrogens (tertiary/aromatic N) is 5. The van der Waals surface area contributed by atoms with Crippen molar-refractivity contribution in [1.29, 1.82) is 0 Å². The van der Waals surface area contributed by atoms with Gasteiger partial charge >= 0.3 is 0 Å². The molecular formula is C15H19N5O3. The van der Waals surface area contributed by atoms with Crippen LogP contribution in [0.3, 0.4) is 0 Å². The highest BCUT2D eigenvalue weighted by Gasteiger charge is 2.30. The third kappa shape index (κ3) is 3.41. The van der Waals surface area contributed by atoms with E-state index in [0.717, 1.165) is 12.2 Å². The summed E-state index contributed by atoms with van der Waals surface area (Å²) in [4.78, 5) is 24.4. The van der Waals surface area contributed by atoms with Crippen molar-refractivity contribution >= 4 is 11.7 Å². The SMILES string of the molecule is Cc1cc(C(=O)N2CC[C@H](Oc3cncc(N(C)C)n3)C2)no1. The molecule has 8 nitrogen and oxygen atoms in total. The maximum atomic E-state index is 12.3. The van der Waals surface area contributed by atoms with Crippen molar-refractivity contribution < 1.29 is 14.1 Å². The van der Waals surface area contributed by atoms with E-state index in [1.54, 1.807) is 30.3 Å². The van der Waals surface area contributed by atoms with Crippen LogP contribution in [0.4, 0.5) is 5.82 Å². The largest absolute Gasteiger partial charge is 0.471 e. The molecule has 0 saturated carbocycles. The highest BCUT2D eigenvalue weighted by molar-refractivity contribution is 5.92. The van der Waals surface area contributed by atoms with Crippen molar-refractivity contribution in [1.82, 2.24) is 20.0 Å². The second-order valence-corrected chi connectivity index (χ2v) is 5.71. The van der Waals surface area contributed by atoms with E-state index in [0.29, 0.717) is 30.4 Å². The van der Waals surface area contributed by atoms with Crippen LogP contribution in [0.25, 0.3) is 0 Å². The van der Waals surface area contributed by atoms with E-state index in [1.165, 1.54) is 0 Å². The number of hydrogen-bond acceptors (Lipinski definition) is 7. The summed E-state index contributed by atoms with van der Waals surface area (Å²) >= 11 is 0. The number of aryl methyl sites for hydroxylation is 1. The van der Waals surface area contributed by atoms with E-state index in [4.69, 9.17) is 9.26 Å². The first kappa shape index (κ1) is 15.3. The van der Waals surface area contributed by atoms with Gasteiger partial charge in [-0.05, 0) is 6.92 Å². The maximum absolute atomic E-state index is 12.3. The molecule has 1 fully saturated rings. The highest BCUT2D eigenvalue weighted by Crippen LogP contribution is 2.19. The minimum atomic E-state index is -0.138. The van der Waals surface area contributed by atoms with Crippen LogP contribution in [0.2, 0.25) is 0 Å². The molecule has 0 unspecified atom stereocenters. The molecule has 3 heterocycles. The fourth-order valence-electron chi connectivity index (χ4n) is 2.42. The van der Waals surface area contributed by atoms with Gasteiger partial charge < -0.3 is 19.1 Å². The predicted molar refractivity (Wildman–Crippen MR) is 82.5 cm³/mol. The Morgan fingerprint density at radius 2 is 2.26 bits per heavy atom. The molecule has 1 saturated heterocycles. The van der Waals surface area contributed by atoms with Gasteiger partial charge in [0, 0.05) is 33.1 Å². The van der Waals surface area contributed by atoms with E-state index >= 15 is 0 Å². The summed E-state index contributed by atoms with van der Waals surface area (Å²) in [5.74, 6) is 1.68. The Bertz CT molecular complexity index is 700. The summed E-state index contributed by atoms with van der Waals surface area (Å²) in [5.41, 5.74) is 0.331. The first-order valence-electron chi connectivity index (χ1n) is 7.41. The molecule has 1 aliphatic rings. The molecule has 0 N–H and O–H groups in total. The molecule has 8 heteroatoms. The topological polar surface area (TPSA) is 84.6 Å². The normalized spacial score (nSPS) is 17.3. The summed E-state index contributed by atoms with van der Waals surface area (Å²) in [7, 11) is 3.79. The molecule has 0 bridgehead atoms. The molecule has 0 aromatic carbocycles. The van der Waals surface area contributed by atoms with Gasteiger partial charge in [-0.25, -0.2) is 0 Å². The fraction of sp³-hybridized carbons (Fsp3) is 0.467. The Hall–Kier alpha value is -2.64. The fourth-order valence-corrected chi connectivity index (χ4v) is 2.42. The minimum Gasteiger partial charge on any atom is -0.471 e. The van der Waals surface area contributed by atoms with E-state index in [2.05, 4.69) is 15.1 Å². The number of hydrogen-bond donors (Lipinski definition) is 0. The highest BCUT2D eigenvalue weighted by atomic mass is 16.5. The summed E-state index contributed by atoms with van der Waals surface area (Å²) < 4.78 is 10.8. The van der Waals surface area contributed by atoms with Crippen molar-refractivity contribution in [3.8, 4) is 5.88 Å². The van der Waals surface area contributed by atoms with Crippen LogP contribution in [0.5, 0.6) is 5.88 Å². The molecule has 2 aromatic heterocycles. The number of carbonyl (C=O) groups is 1. The van der Waals surface area contributed by atoms with Crippen LogP contribution in [-0.2, 0) is 0 Å². The quantitative estimate of drug-likeness (QED) is 0.835. The van der Waals surface area contributed by atoms with Crippen LogP contribution in [-0.4, -0.2) is 59.2 Å². The zero-order chi connectivity index (χ0) is 16.4. The molecule has 1 aliphatic heterocycles. The first-order chi connectivity index (χ1) is 11.0. The average Bonchev–Trinajstić information content (AvgIpc) is 3.16. The summed E-state index contributed by atoms with van der Waals surface area (Å²) in [6, 6.07) is 1.64. The molecule has 1 amide bonds. The molecular weight excluding hydrogens is 298 g/mol. The van der Waals surface area contributed by atoms with Crippen molar-refractivity contribution in [2.45, 2.75) is 19.4 Å². The summed E-state index contributed by atoms with van der Waals surface area (Å²) in [6.07, 6.45) is 3.90. The van der Waals surface area contributed by atoms with Crippen LogP contribution >= 0.6 is 0 Å². The standard InChI is InChI=1S/C15H19N5O3/c1-10-6-12(18-23-10)15(21)20-5-4-11(9-20)22-14-8-16-7-13(17-14)19(2)3/h6-8,11H,4-5,9H2,1-3H3/t11-/m0/s1. The first-order valence-corrected chi connectivity index (χ1v) is 7.41. The Labute approximate surface area is 134 Å². The third-order valence-electron chi connectivity index (χ3n) is 3.62. The minimum absolute atomic E-state index is 0.0985. The number of carbonyl (C=O) groups excluding carboxylic acids is 1. The summed E-state index contributed by atoms with van der Waals surface area (Å²) in [5, 5.41) is 3.77. The van der Waals surface area contributed by atoms with Gasteiger partial charge in [-0.2, -0.15) is 4.98 Å². The number of amides is 1. The molecule has 0 aliphatic carbocycles. The van der Waals surface area contributed by atoms with Crippen LogP contribution in [0, 0.1) is 6.92 Å². The van der Waals surface area contributed by atoms with E-state index in [1.807, 2.05) is 19.0 Å². The molecule has 2 aromatic rings. The van der Waals surface area contributed by atoms with Gasteiger partial charge in [0.2, 0.25) is 5.88 Å². The van der Waals surface area contributed by atoms with Gasteiger partial charge in [-0.15, -0.1) is 0 Å². The number of rotatable bonds is 4. The maximum Gasteiger partial charge on any atom is 0.276 e. The van der Waals surface area contributed by atoms with Gasteiger partial charge in [0.15, 0.2) is 11.5 Å². The van der Waals surface area contributed by atoms with Crippen molar-refractivity contribution in [2.75, 3.05) is 32.1 Å². The lowest BCUT2D eigenvalue weighted by Crippen LogP contribution is -2.31. The Kier molecular flexibility index (Phi) is 4.14. The third-order valence-corrected chi connectivity index (χ3v) is 3.62. The lowest BCUT2D eigenvalue weighted by molar-refractivity contribution is 0.0761. The number of ether oxygens (including phenoxy) is 1. The molecule has 23 heavy (non-hydrogen) atoms. The van der Waals surface area contributed by atoms with Crippen LogP contribution in [0.15, 0.2) is 23.0 Å². The summed E-state index contributed by atoms with van der Waals surface area (Å²) in [6.45, 7) is 2.88. The lowest BCUT2D eigenvalue weighted by atomic mass is 10.3. The number of anilines is 1. The monoisotopic (exact) mass is 317 g/mol. The zero-order valence-electron chi connectivity index (χ0n) is 13.4.